The molecule has 0 radical (unpaired) electrons. The van der Waals surface area contributed by atoms with Gasteiger partial charge in [-0.3, -0.25) is 14.2 Å². The Morgan fingerprint density at radius 2 is 1.94 bits per heavy atom. The number of carbonyl (C=O) groups is 2. The molecule has 0 bridgehead atoms. The second kappa shape index (κ2) is 4.67. The summed E-state index contributed by atoms with van der Waals surface area (Å²) in [5.41, 5.74) is 5.46. The van der Waals surface area contributed by atoms with E-state index in [9.17, 15) is 18.0 Å². The van der Waals surface area contributed by atoms with Gasteiger partial charge in [-0.05, 0) is 19.4 Å². The van der Waals surface area contributed by atoms with E-state index in [0.29, 0.717) is 10.5 Å². The van der Waals surface area contributed by atoms with Crippen molar-refractivity contribution in [3.05, 3.63) is 11.3 Å². The average Bonchev–Trinajstić information content (AvgIpc) is 2.24. The summed E-state index contributed by atoms with van der Waals surface area (Å²) in [5.74, 6) is -1.64. The van der Waals surface area contributed by atoms with Gasteiger partial charge < -0.3 is 10.5 Å². The molecule has 0 aromatic heterocycles. The summed E-state index contributed by atoms with van der Waals surface area (Å²) in [4.78, 5) is 23.7. The van der Waals surface area contributed by atoms with Crippen LogP contribution in [0.1, 0.15) is 13.8 Å². The van der Waals surface area contributed by atoms with Crippen LogP contribution in [-0.4, -0.2) is 48.3 Å². The number of rotatable bonds is 3. The van der Waals surface area contributed by atoms with Gasteiger partial charge in [-0.2, -0.15) is 8.42 Å². The van der Waals surface area contributed by atoms with Crippen LogP contribution in [0.15, 0.2) is 11.3 Å². The van der Waals surface area contributed by atoms with Crippen LogP contribution in [0.2, 0.25) is 0 Å². The number of β-lactam (4-membered cyclic amide) rings is 1. The van der Waals surface area contributed by atoms with Gasteiger partial charge in [0.2, 0.25) is 5.91 Å². The number of hydrogen-bond donors (Lipinski definition) is 2. The largest absolute Gasteiger partial charge is 0.464 e. The zero-order chi connectivity index (χ0) is 14.2. The normalized spacial score (nSPS) is 23.4. The molecule has 1 amide bonds. The highest BCUT2D eigenvalue weighted by atomic mass is 32.2. The molecule has 9 heteroatoms. The molecule has 1 fully saturated rings. The fourth-order valence-corrected chi connectivity index (χ4v) is 2.65. The molecule has 1 aliphatic heterocycles. The zero-order valence-corrected chi connectivity index (χ0v) is 10.9. The number of allylic oxidation sites excluding steroid dienone is 1. The van der Waals surface area contributed by atoms with Crippen molar-refractivity contribution in [3.63, 3.8) is 0 Å². The lowest BCUT2D eigenvalue weighted by Crippen LogP contribution is -2.71. The van der Waals surface area contributed by atoms with E-state index in [4.69, 9.17) is 10.3 Å². The molecule has 0 aliphatic carbocycles. The number of esters is 1. The van der Waals surface area contributed by atoms with Crippen molar-refractivity contribution in [2.24, 2.45) is 5.73 Å². The van der Waals surface area contributed by atoms with E-state index in [1.807, 2.05) is 0 Å². The lowest BCUT2D eigenvalue weighted by atomic mass is 10.1. The van der Waals surface area contributed by atoms with Crippen molar-refractivity contribution >= 4 is 22.0 Å². The number of amides is 1. The summed E-state index contributed by atoms with van der Waals surface area (Å²) < 4.78 is 35.7. The first-order chi connectivity index (χ1) is 8.12. The molecular formula is C9H14N2O6S. The van der Waals surface area contributed by atoms with Crippen LogP contribution in [0, 0.1) is 0 Å². The number of ether oxygens (including phenoxy) is 1. The van der Waals surface area contributed by atoms with Crippen LogP contribution in [-0.2, 0) is 24.4 Å². The molecule has 1 saturated heterocycles. The van der Waals surface area contributed by atoms with E-state index in [-0.39, 0.29) is 5.70 Å². The third kappa shape index (κ3) is 2.24. The van der Waals surface area contributed by atoms with E-state index in [1.165, 1.54) is 13.8 Å². The number of hydrogen-bond acceptors (Lipinski definition) is 6. The van der Waals surface area contributed by atoms with Crippen LogP contribution >= 0.6 is 0 Å². The molecule has 18 heavy (non-hydrogen) atoms. The highest BCUT2D eigenvalue weighted by Crippen LogP contribution is 2.29. The number of methoxy groups -OCH3 is 1. The summed E-state index contributed by atoms with van der Waals surface area (Å²) in [6, 6.07) is -1.39. The standard InChI is InChI=1S/C9H14N2O6S/c1-4(2)6(9(13)17-3)11-7(12)5(10)8(11)18(14,15)16/h5,8H,10H2,1-3H3,(H,14,15,16)/t5-,8-/m1/s1. The predicted octanol–water partition coefficient (Wildman–Crippen LogP) is -1.16. The van der Waals surface area contributed by atoms with Crippen LogP contribution in [0.5, 0.6) is 0 Å². The fourth-order valence-electron chi connectivity index (χ4n) is 1.68. The lowest BCUT2D eigenvalue weighted by molar-refractivity contribution is -0.149. The van der Waals surface area contributed by atoms with Gasteiger partial charge in [0, 0.05) is 0 Å². The predicted molar refractivity (Wildman–Crippen MR) is 60.5 cm³/mol. The minimum absolute atomic E-state index is 0.230. The maximum absolute atomic E-state index is 11.6. The van der Waals surface area contributed by atoms with Crippen molar-refractivity contribution in [2.45, 2.75) is 25.3 Å². The minimum atomic E-state index is -4.58. The molecule has 2 atom stereocenters. The highest BCUT2D eigenvalue weighted by Gasteiger charge is 2.55. The SMILES string of the molecule is COC(=O)C(=C(C)C)N1C(=O)[C@@H](N)[C@H]1S(=O)(=O)O. The number of carbonyl (C=O) groups excluding carboxylic acids is 2. The molecule has 1 heterocycles. The van der Waals surface area contributed by atoms with E-state index in [2.05, 4.69) is 4.74 Å². The van der Waals surface area contributed by atoms with Gasteiger partial charge >= 0.3 is 5.97 Å². The van der Waals surface area contributed by atoms with Crippen molar-refractivity contribution < 1.29 is 27.3 Å². The van der Waals surface area contributed by atoms with E-state index < -0.39 is 33.4 Å². The second-order valence-corrected chi connectivity index (χ2v) is 5.49. The maximum atomic E-state index is 11.6. The topological polar surface area (TPSA) is 127 Å². The van der Waals surface area contributed by atoms with Crippen LogP contribution in [0.3, 0.4) is 0 Å². The van der Waals surface area contributed by atoms with Gasteiger partial charge in [-0.1, -0.05) is 0 Å². The Balaban J connectivity index is 3.26. The lowest BCUT2D eigenvalue weighted by Gasteiger charge is -2.43. The summed E-state index contributed by atoms with van der Waals surface area (Å²) >= 11 is 0. The summed E-state index contributed by atoms with van der Waals surface area (Å²) in [6.07, 6.45) is 0. The Labute approximate surface area is 104 Å². The molecule has 8 nitrogen and oxygen atoms in total. The van der Waals surface area contributed by atoms with Gasteiger partial charge in [-0.15, -0.1) is 0 Å². The third-order valence-corrected chi connectivity index (χ3v) is 3.60. The van der Waals surface area contributed by atoms with E-state index >= 15 is 0 Å². The monoisotopic (exact) mass is 278 g/mol. The molecule has 0 saturated carbocycles. The average molecular weight is 278 g/mol. The fraction of sp³-hybridized carbons (Fsp3) is 0.556. The maximum Gasteiger partial charge on any atom is 0.354 e. The zero-order valence-electron chi connectivity index (χ0n) is 10.1. The number of likely N-dealkylation sites (tertiary alicyclic amines) is 1. The van der Waals surface area contributed by atoms with Gasteiger partial charge in [0.25, 0.3) is 10.1 Å². The highest BCUT2D eigenvalue weighted by molar-refractivity contribution is 7.86. The number of nitrogens with two attached hydrogens (primary N) is 1. The molecule has 0 unspecified atom stereocenters. The van der Waals surface area contributed by atoms with E-state index in [0.717, 1.165) is 7.11 Å². The van der Waals surface area contributed by atoms with Crippen molar-refractivity contribution in [1.82, 2.24) is 4.90 Å². The Morgan fingerprint density at radius 3 is 2.28 bits per heavy atom. The quantitative estimate of drug-likeness (QED) is 0.288. The van der Waals surface area contributed by atoms with E-state index in [1.54, 1.807) is 0 Å². The van der Waals surface area contributed by atoms with Crippen molar-refractivity contribution in [2.75, 3.05) is 7.11 Å². The van der Waals surface area contributed by atoms with Crippen molar-refractivity contribution in [1.29, 1.82) is 0 Å². The molecule has 3 N–H and O–H groups in total. The summed E-state index contributed by atoms with van der Waals surface area (Å²) in [6.45, 7) is 3.01. The molecule has 0 aromatic carbocycles. The minimum Gasteiger partial charge on any atom is -0.464 e. The summed E-state index contributed by atoms with van der Waals surface area (Å²) in [7, 11) is -3.48. The van der Waals surface area contributed by atoms with Gasteiger partial charge in [0.05, 0.1) is 7.11 Å². The van der Waals surface area contributed by atoms with Crippen LogP contribution < -0.4 is 5.73 Å². The number of nitrogens with zero attached hydrogens (tertiary/aromatic N) is 1. The molecule has 1 rings (SSSR count). The molecule has 102 valence electrons. The Kier molecular flexibility index (Phi) is 3.79. The van der Waals surface area contributed by atoms with Gasteiger partial charge in [0.15, 0.2) is 5.37 Å². The molecule has 0 spiro atoms. The Bertz CT molecular complexity index is 519. The van der Waals surface area contributed by atoms with Gasteiger partial charge in [0.1, 0.15) is 11.7 Å². The Hall–Kier alpha value is -1.45. The van der Waals surface area contributed by atoms with Crippen LogP contribution in [0.25, 0.3) is 0 Å². The molecular weight excluding hydrogens is 264 g/mol. The Morgan fingerprint density at radius 1 is 1.44 bits per heavy atom. The molecule has 0 aromatic rings. The first-order valence-electron chi connectivity index (χ1n) is 4.93. The smallest absolute Gasteiger partial charge is 0.354 e. The third-order valence-electron chi connectivity index (χ3n) is 2.48. The molecule has 1 aliphatic rings. The summed E-state index contributed by atoms with van der Waals surface area (Å²) in [5, 5.41) is -1.66. The van der Waals surface area contributed by atoms with Gasteiger partial charge in [-0.25, -0.2) is 4.79 Å². The van der Waals surface area contributed by atoms with Crippen LogP contribution in [0.4, 0.5) is 0 Å². The first kappa shape index (κ1) is 14.6. The second-order valence-electron chi connectivity index (χ2n) is 3.98. The van der Waals surface area contributed by atoms with Crippen molar-refractivity contribution in [3.8, 4) is 0 Å². The first-order valence-corrected chi connectivity index (χ1v) is 6.44.